The van der Waals surface area contributed by atoms with Crippen LogP contribution in [0, 0.1) is 58.2 Å². The van der Waals surface area contributed by atoms with Crippen LogP contribution in [0.3, 0.4) is 0 Å². The van der Waals surface area contributed by atoms with Gasteiger partial charge in [0.1, 0.15) is 0 Å². The molecule has 0 radical (unpaired) electrons. The molecule has 0 fully saturated rings. The van der Waals surface area contributed by atoms with E-state index < -0.39 is 91.0 Å². The number of rotatable bonds is 2. The van der Waals surface area contributed by atoms with Gasteiger partial charge in [0.15, 0.2) is 46.5 Å². The first-order valence-corrected chi connectivity index (χ1v) is 21.5. The molecule has 6 aliphatic heterocycles. The van der Waals surface area contributed by atoms with E-state index in [0.717, 1.165) is 22.3 Å². The minimum absolute atomic E-state index is 0.0403. The number of aromatic amines is 2. The number of aliphatic imine (C=N–C) groups is 2. The number of nitrogens with zero attached hydrogens (tertiary/aromatic N) is 2. The Kier molecular flexibility index (Phi) is 10.7. The monoisotopic (exact) mass is 936 g/mol. The number of H-pyrrole nitrogens is 2. The molecule has 0 aliphatic carbocycles. The number of nitrogens with one attached hydrogen (secondary N) is 2. The SMILES string of the molecule is CC1(C)C2=C/C(=C(/c3c(F)c(F)c(F)c(F)c3F)c3ccc([nH]3)C(C)(C)c3ccc(cc3)C(C)(C)C3=C/C(=C(\c4c(F)c(F)c(F)c(F)c4F)c4ccc([nH]4)C(C)(C)c4ccc1cc4)N=C3)N=C2. The second-order valence-corrected chi connectivity index (χ2v) is 19.4. The highest BCUT2D eigenvalue weighted by molar-refractivity contribution is 5.94. The number of allylic oxidation sites excluding steroid dienone is 4. The van der Waals surface area contributed by atoms with Gasteiger partial charge in [0.05, 0.1) is 22.5 Å². The molecule has 0 saturated carbocycles. The smallest absolute Gasteiger partial charge is 0.200 e. The number of hydrogen-bond donors (Lipinski definition) is 2. The van der Waals surface area contributed by atoms with Crippen LogP contribution in [0.2, 0.25) is 0 Å². The van der Waals surface area contributed by atoms with Gasteiger partial charge in [-0.05, 0) is 69.8 Å². The highest BCUT2D eigenvalue weighted by Gasteiger charge is 2.37. The Morgan fingerprint density at radius 1 is 0.338 bits per heavy atom. The van der Waals surface area contributed by atoms with E-state index in [-0.39, 0.29) is 33.9 Å². The van der Waals surface area contributed by atoms with Gasteiger partial charge < -0.3 is 9.97 Å². The van der Waals surface area contributed by atoms with E-state index in [2.05, 4.69) is 20.0 Å². The second-order valence-electron chi connectivity index (χ2n) is 19.4. The third-order valence-corrected chi connectivity index (χ3v) is 14.1. The predicted octanol–water partition coefficient (Wildman–Crippen LogP) is 14.2. The minimum atomic E-state index is -2.29. The summed E-state index contributed by atoms with van der Waals surface area (Å²) in [5, 5.41) is 0. The Morgan fingerprint density at radius 2 is 0.603 bits per heavy atom. The van der Waals surface area contributed by atoms with Gasteiger partial charge in [-0.15, -0.1) is 0 Å². The molecule has 4 nitrogen and oxygen atoms in total. The van der Waals surface area contributed by atoms with Crippen molar-refractivity contribution in [1.82, 2.24) is 9.97 Å². The van der Waals surface area contributed by atoms with Gasteiger partial charge in [0.25, 0.3) is 0 Å². The van der Waals surface area contributed by atoms with Gasteiger partial charge in [-0.2, -0.15) is 0 Å². The highest BCUT2D eigenvalue weighted by atomic mass is 19.2. The zero-order chi connectivity index (χ0) is 49.2. The van der Waals surface area contributed by atoms with E-state index in [4.69, 9.17) is 0 Å². The van der Waals surface area contributed by atoms with Crippen molar-refractivity contribution in [3.63, 3.8) is 0 Å². The quantitative estimate of drug-likeness (QED) is 0.0988. The number of aromatic nitrogens is 2. The summed E-state index contributed by atoms with van der Waals surface area (Å²) in [4.78, 5) is 15.4. The molecule has 12 bridgehead atoms. The Morgan fingerprint density at radius 3 is 0.897 bits per heavy atom. The predicted molar refractivity (Wildman–Crippen MR) is 242 cm³/mol. The number of halogens is 10. The topological polar surface area (TPSA) is 56.3 Å². The fourth-order valence-electron chi connectivity index (χ4n) is 9.19. The molecule has 0 saturated heterocycles. The molecule has 6 aromatic rings. The van der Waals surface area contributed by atoms with E-state index in [0.29, 0.717) is 22.5 Å². The molecule has 14 heteroatoms. The van der Waals surface area contributed by atoms with E-state index in [1.54, 1.807) is 24.3 Å². The van der Waals surface area contributed by atoms with Crippen molar-refractivity contribution in [2.45, 2.75) is 77.0 Å². The maximum atomic E-state index is 15.8. The van der Waals surface area contributed by atoms with Crippen molar-refractivity contribution < 1.29 is 43.9 Å². The summed E-state index contributed by atoms with van der Waals surface area (Å²) in [5.74, 6) is -21.0. The summed E-state index contributed by atoms with van der Waals surface area (Å²) in [6, 6.07) is 21.1. The summed E-state index contributed by atoms with van der Waals surface area (Å²) in [5.41, 5.74) is -1.28. The van der Waals surface area contributed by atoms with Crippen LogP contribution in [0.1, 0.15) is 112 Å². The lowest BCUT2D eigenvalue weighted by Crippen LogP contribution is -2.23. The van der Waals surface area contributed by atoms with E-state index in [9.17, 15) is 26.3 Å². The number of hydrogen-bond acceptors (Lipinski definition) is 2. The van der Waals surface area contributed by atoms with Crippen molar-refractivity contribution in [2.24, 2.45) is 9.98 Å². The molecule has 2 N–H and O–H groups in total. The third kappa shape index (κ3) is 6.96. The highest BCUT2D eigenvalue weighted by Crippen LogP contribution is 2.45. The molecule has 4 aromatic carbocycles. The van der Waals surface area contributed by atoms with Crippen molar-refractivity contribution in [3.8, 4) is 0 Å². The lowest BCUT2D eigenvalue weighted by Gasteiger charge is -2.29. The van der Waals surface area contributed by atoms with Gasteiger partial charge in [0.2, 0.25) is 11.6 Å². The van der Waals surface area contributed by atoms with Crippen molar-refractivity contribution in [3.05, 3.63) is 222 Å². The van der Waals surface area contributed by atoms with Crippen molar-refractivity contribution in [2.75, 3.05) is 0 Å². The molecule has 6 aliphatic rings. The first kappa shape index (κ1) is 46.2. The standard InChI is InChI=1S/C54H42F10N4/c1-51(2)25-9-13-27(14-10-25)53(5,6)35-20-18-32(68-35)38(40-43(57)47(61)50(64)48(62)44(40)58)34-22-30(24-66-34)52(3,4)26-11-15-28(16-12-26)54(7,8)36-19-17-31(67-36)37(33-21-29(51)23-65-33)39-41(55)45(59)49(63)46(60)42(39)56/h9-24,67-68H,1-8H3/b37-33-,38-34+. The fraction of sp³-hybridized carbons (Fsp3) is 0.222. The molecule has 2 aromatic heterocycles. The molecule has 0 atom stereocenters. The normalized spacial score (nSPS) is 20.1. The largest absolute Gasteiger partial charge is 0.358 e. The molecule has 0 amide bonds. The Balaban J connectivity index is 1.27. The van der Waals surface area contributed by atoms with Crippen LogP contribution < -0.4 is 0 Å². The molecule has 0 spiro atoms. The summed E-state index contributed by atoms with van der Waals surface area (Å²) >= 11 is 0. The van der Waals surface area contributed by atoms with Gasteiger partial charge in [-0.25, -0.2) is 43.9 Å². The van der Waals surface area contributed by atoms with Gasteiger partial charge >= 0.3 is 0 Å². The molecule has 348 valence electrons. The summed E-state index contributed by atoms with van der Waals surface area (Å²) < 4.78 is 152. The zero-order valence-electron chi connectivity index (χ0n) is 37.9. The maximum Gasteiger partial charge on any atom is 0.200 e. The minimum Gasteiger partial charge on any atom is -0.358 e. The molecule has 12 rings (SSSR count). The Labute approximate surface area is 385 Å². The summed E-state index contributed by atoms with van der Waals surface area (Å²) in [6.07, 6.45) is 6.05. The third-order valence-electron chi connectivity index (χ3n) is 14.1. The average Bonchev–Trinajstić information content (AvgIpc) is 4.17. The van der Waals surface area contributed by atoms with Gasteiger partial charge in [-0.1, -0.05) is 104 Å². The van der Waals surface area contributed by atoms with Crippen molar-refractivity contribution >= 4 is 23.6 Å². The number of benzene rings is 4. The second kappa shape index (κ2) is 15.8. The lowest BCUT2D eigenvalue weighted by molar-refractivity contribution is 0.376. The van der Waals surface area contributed by atoms with Crippen molar-refractivity contribution in [1.29, 1.82) is 0 Å². The Bertz CT molecular complexity index is 3040. The fourth-order valence-corrected chi connectivity index (χ4v) is 9.19. The molecular formula is C54H42F10N4. The van der Waals surface area contributed by atoms with E-state index in [1.165, 1.54) is 24.6 Å². The summed E-state index contributed by atoms with van der Waals surface area (Å²) in [6.45, 7) is 15.0. The van der Waals surface area contributed by atoms with Crippen LogP contribution in [-0.2, 0) is 21.7 Å². The maximum absolute atomic E-state index is 15.8. The molecule has 68 heavy (non-hydrogen) atoms. The van der Waals surface area contributed by atoms with Crippen LogP contribution in [0.25, 0.3) is 11.1 Å². The van der Waals surface area contributed by atoms with Crippen LogP contribution in [0.5, 0.6) is 0 Å². The zero-order valence-corrected chi connectivity index (χ0v) is 37.9. The van der Waals surface area contributed by atoms with Crippen LogP contribution in [0.4, 0.5) is 43.9 Å². The van der Waals surface area contributed by atoms with E-state index in [1.807, 2.05) is 104 Å². The molecule has 0 unspecified atom stereocenters. The first-order valence-electron chi connectivity index (χ1n) is 21.5. The van der Waals surface area contributed by atoms with Crippen LogP contribution in [0.15, 0.2) is 117 Å². The first-order chi connectivity index (χ1) is 31.9. The van der Waals surface area contributed by atoms with Gasteiger partial charge in [0, 0.05) is 68.0 Å². The molecular weight excluding hydrogens is 895 g/mol. The van der Waals surface area contributed by atoms with Crippen LogP contribution in [-0.4, -0.2) is 22.4 Å². The van der Waals surface area contributed by atoms with E-state index >= 15 is 17.6 Å². The Hall–Kier alpha value is -6.96. The average molecular weight is 937 g/mol. The van der Waals surface area contributed by atoms with Crippen LogP contribution >= 0.6 is 0 Å². The lowest BCUT2D eigenvalue weighted by atomic mass is 9.75. The summed E-state index contributed by atoms with van der Waals surface area (Å²) in [7, 11) is 0. The molecule has 8 heterocycles. The van der Waals surface area contributed by atoms with Gasteiger partial charge in [-0.3, -0.25) is 9.98 Å².